The number of carbonyl (C=O) groups is 1. The Labute approximate surface area is 135 Å². The first-order valence-corrected chi connectivity index (χ1v) is 7.39. The molecule has 0 spiro atoms. The number of ether oxygens (including phenoxy) is 1. The lowest BCUT2D eigenvalue weighted by Gasteiger charge is -2.01. The Kier molecular flexibility index (Phi) is 4.20. The van der Waals surface area contributed by atoms with Crippen LogP contribution in [0.2, 0.25) is 0 Å². The van der Waals surface area contributed by atoms with Crippen LogP contribution in [-0.4, -0.2) is 18.1 Å². The number of aromatic nitrogens is 1. The number of nitrogens with zero attached hydrogens (tertiary/aromatic N) is 1. The maximum absolute atomic E-state index is 11.4. The molecule has 0 aliphatic heterocycles. The van der Waals surface area contributed by atoms with Crippen molar-refractivity contribution in [2.45, 2.75) is 6.92 Å². The Morgan fingerprint density at radius 2 is 1.78 bits per heavy atom. The molecule has 0 bridgehead atoms. The molecule has 2 aromatic carbocycles. The highest BCUT2D eigenvalue weighted by Gasteiger charge is 2.03. The highest BCUT2D eigenvalue weighted by Crippen LogP contribution is 2.16. The first-order valence-electron chi connectivity index (χ1n) is 7.39. The van der Waals surface area contributed by atoms with Crippen LogP contribution < -0.4 is 0 Å². The summed E-state index contributed by atoms with van der Waals surface area (Å²) in [6.07, 6.45) is 3.94. The van der Waals surface area contributed by atoms with Crippen LogP contribution in [0.5, 0.6) is 0 Å². The fraction of sp³-hybridized carbons (Fsp3) is 0.100. The number of methoxy groups -OCH3 is 1. The number of hydrogen-bond acceptors (Lipinski definition) is 3. The van der Waals surface area contributed by atoms with E-state index in [9.17, 15) is 4.79 Å². The highest BCUT2D eigenvalue weighted by molar-refractivity contribution is 5.89. The van der Waals surface area contributed by atoms with Crippen molar-refractivity contribution in [1.29, 1.82) is 0 Å². The fourth-order valence-corrected chi connectivity index (χ4v) is 2.38. The molecule has 1 aromatic heterocycles. The molecule has 114 valence electrons. The molecule has 0 fully saturated rings. The topological polar surface area (TPSA) is 39.2 Å². The van der Waals surface area contributed by atoms with E-state index in [1.54, 1.807) is 12.1 Å². The van der Waals surface area contributed by atoms with Gasteiger partial charge in [0.05, 0.1) is 23.9 Å². The maximum Gasteiger partial charge on any atom is 0.337 e. The van der Waals surface area contributed by atoms with E-state index in [-0.39, 0.29) is 5.97 Å². The van der Waals surface area contributed by atoms with E-state index < -0.39 is 0 Å². The summed E-state index contributed by atoms with van der Waals surface area (Å²) in [5.74, 6) is -0.327. The van der Waals surface area contributed by atoms with Gasteiger partial charge in [-0.25, -0.2) is 9.78 Å². The van der Waals surface area contributed by atoms with E-state index in [2.05, 4.69) is 34.8 Å². The lowest BCUT2D eigenvalue weighted by Crippen LogP contribution is -2.00. The minimum absolute atomic E-state index is 0.327. The van der Waals surface area contributed by atoms with Crippen molar-refractivity contribution in [2.75, 3.05) is 7.11 Å². The predicted octanol–water partition coefficient (Wildman–Crippen LogP) is 4.50. The summed E-state index contributed by atoms with van der Waals surface area (Å²) in [6, 6.07) is 17.6. The van der Waals surface area contributed by atoms with Gasteiger partial charge in [0, 0.05) is 5.39 Å². The number of rotatable bonds is 3. The third-order valence-corrected chi connectivity index (χ3v) is 3.64. The van der Waals surface area contributed by atoms with E-state index in [1.165, 1.54) is 12.7 Å². The third kappa shape index (κ3) is 3.46. The molecule has 3 rings (SSSR count). The van der Waals surface area contributed by atoms with Crippen LogP contribution in [0.25, 0.3) is 23.1 Å². The molecule has 0 unspecified atom stereocenters. The molecule has 0 aliphatic carbocycles. The lowest BCUT2D eigenvalue weighted by atomic mass is 10.1. The zero-order valence-electron chi connectivity index (χ0n) is 13.1. The molecule has 23 heavy (non-hydrogen) atoms. The van der Waals surface area contributed by atoms with Gasteiger partial charge in [-0.05, 0) is 48.9 Å². The lowest BCUT2D eigenvalue weighted by molar-refractivity contribution is 0.0600. The number of benzene rings is 2. The largest absolute Gasteiger partial charge is 0.465 e. The second-order valence-corrected chi connectivity index (χ2v) is 5.38. The van der Waals surface area contributed by atoms with Crippen molar-refractivity contribution < 1.29 is 9.53 Å². The summed E-state index contributed by atoms with van der Waals surface area (Å²) < 4.78 is 4.69. The average molecular weight is 303 g/mol. The maximum atomic E-state index is 11.4. The molecule has 0 amide bonds. The van der Waals surface area contributed by atoms with Crippen molar-refractivity contribution in [3.8, 4) is 0 Å². The van der Waals surface area contributed by atoms with Gasteiger partial charge in [-0.1, -0.05) is 35.9 Å². The highest BCUT2D eigenvalue weighted by atomic mass is 16.5. The Morgan fingerprint density at radius 3 is 2.52 bits per heavy atom. The molecular weight excluding hydrogens is 286 g/mol. The second kappa shape index (κ2) is 6.44. The van der Waals surface area contributed by atoms with Crippen LogP contribution in [0.1, 0.15) is 27.2 Å². The summed E-state index contributed by atoms with van der Waals surface area (Å²) >= 11 is 0. The van der Waals surface area contributed by atoms with Crippen molar-refractivity contribution >= 4 is 29.0 Å². The van der Waals surface area contributed by atoms with Crippen LogP contribution in [0.4, 0.5) is 0 Å². The van der Waals surface area contributed by atoms with E-state index in [0.717, 1.165) is 22.2 Å². The molecule has 0 saturated carbocycles. The van der Waals surface area contributed by atoms with Crippen LogP contribution in [0.3, 0.4) is 0 Å². The Bertz CT molecular complexity index is 880. The van der Waals surface area contributed by atoms with Crippen LogP contribution in [0, 0.1) is 6.92 Å². The molecule has 1 heterocycles. The zero-order chi connectivity index (χ0) is 16.2. The molecule has 0 radical (unpaired) electrons. The number of carbonyl (C=O) groups excluding carboxylic acids is 1. The van der Waals surface area contributed by atoms with Gasteiger partial charge in [0.15, 0.2) is 0 Å². The first kappa shape index (κ1) is 15.0. The van der Waals surface area contributed by atoms with Gasteiger partial charge in [-0.15, -0.1) is 0 Å². The molecule has 0 saturated heterocycles. The van der Waals surface area contributed by atoms with Gasteiger partial charge in [-0.2, -0.15) is 0 Å². The smallest absolute Gasteiger partial charge is 0.337 e. The van der Waals surface area contributed by atoms with E-state index in [4.69, 9.17) is 0 Å². The van der Waals surface area contributed by atoms with Crippen LogP contribution in [-0.2, 0) is 4.74 Å². The van der Waals surface area contributed by atoms with Crippen LogP contribution in [0.15, 0.2) is 54.6 Å². The molecule has 0 N–H and O–H groups in total. The molecule has 3 nitrogen and oxygen atoms in total. The number of hydrogen-bond donors (Lipinski definition) is 0. The quantitative estimate of drug-likeness (QED) is 0.669. The van der Waals surface area contributed by atoms with Gasteiger partial charge in [-0.3, -0.25) is 0 Å². The van der Waals surface area contributed by atoms with Gasteiger partial charge >= 0.3 is 5.97 Å². The normalized spacial score (nSPS) is 11.0. The standard InChI is InChI=1S/C20H17NO2/c1-14-3-12-19-17(13-14)9-11-18(21-19)10-6-15-4-7-16(8-5-15)20(22)23-2/h3-13H,1-2H3/b10-6+. The fourth-order valence-electron chi connectivity index (χ4n) is 2.38. The number of fused-ring (bicyclic) bond motifs is 1. The summed E-state index contributed by atoms with van der Waals surface area (Å²) in [4.78, 5) is 16.0. The summed E-state index contributed by atoms with van der Waals surface area (Å²) in [5.41, 5.74) is 4.66. The number of esters is 1. The Hall–Kier alpha value is -2.94. The number of aryl methyl sites for hydroxylation is 1. The van der Waals surface area contributed by atoms with E-state index >= 15 is 0 Å². The van der Waals surface area contributed by atoms with Gasteiger partial charge in [0.1, 0.15) is 0 Å². The predicted molar refractivity (Wildman–Crippen MR) is 93.2 cm³/mol. The molecular formula is C20H17NO2. The van der Waals surface area contributed by atoms with Crippen molar-refractivity contribution in [3.05, 3.63) is 77.0 Å². The van der Waals surface area contributed by atoms with Gasteiger partial charge in [0.2, 0.25) is 0 Å². The molecule has 3 heteroatoms. The van der Waals surface area contributed by atoms with Crippen molar-refractivity contribution in [1.82, 2.24) is 4.98 Å². The minimum atomic E-state index is -0.327. The monoisotopic (exact) mass is 303 g/mol. The Balaban J connectivity index is 1.82. The molecule has 0 aliphatic rings. The summed E-state index contributed by atoms with van der Waals surface area (Å²) in [6.45, 7) is 2.07. The second-order valence-electron chi connectivity index (χ2n) is 5.38. The minimum Gasteiger partial charge on any atom is -0.465 e. The molecule has 0 atom stereocenters. The first-order chi connectivity index (χ1) is 11.2. The SMILES string of the molecule is COC(=O)c1ccc(/C=C/c2ccc3cc(C)ccc3n2)cc1. The average Bonchev–Trinajstić information content (AvgIpc) is 2.59. The molecule has 3 aromatic rings. The summed E-state index contributed by atoms with van der Waals surface area (Å²) in [5, 5.41) is 1.14. The third-order valence-electron chi connectivity index (χ3n) is 3.64. The van der Waals surface area contributed by atoms with E-state index in [1.807, 2.05) is 36.4 Å². The summed E-state index contributed by atoms with van der Waals surface area (Å²) in [7, 11) is 1.38. The van der Waals surface area contributed by atoms with Crippen molar-refractivity contribution in [3.63, 3.8) is 0 Å². The zero-order valence-corrected chi connectivity index (χ0v) is 13.1. The van der Waals surface area contributed by atoms with Gasteiger partial charge in [0.25, 0.3) is 0 Å². The number of pyridine rings is 1. The van der Waals surface area contributed by atoms with Gasteiger partial charge < -0.3 is 4.74 Å². The van der Waals surface area contributed by atoms with Crippen LogP contribution >= 0.6 is 0 Å². The van der Waals surface area contributed by atoms with Crippen molar-refractivity contribution in [2.24, 2.45) is 0 Å². The Morgan fingerprint density at radius 1 is 1.00 bits per heavy atom. The van der Waals surface area contributed by atoms with E-state index in [0.29, 0.717) is 5.56 Å².